The minimum Gasteiger partial charge on any atom is -0.378 e. The molecule has 0 spiro atoms. The molecule has 2 atom stereocenters. The van der Waals surface area contributed by atoms with Gasteiger partial charge in [-0.15, -0.1) is 0 Å². The lowest BCUT2D eigenvalue weighted by atomic mass is 10.2. The van der Waals surface area contributed by atoms with Gasteiger partial charge in [0.15, 0.2) is 5.69 Å². The van der Waals surface area contributed by atoms with Crippen molar-refractivity contribution in [3.63, 3.8) is 0 Å². The highest BCUT2D eigenvalue weighted by atomic mass is 35.5. The van der Waals surface area contributed by atoms with Crippen LogP contribution in [0.1, 0.15) is 24.3 Å². The van der Waals surface area contributed by atoms with Crippen LogP contribution in [0.3, 0.4) is 0 Å². The molecule has 3 heterocycles. The van der Waals surface area contributed by atoms with Crippen LogP contribution in [-0.4, -0.2) is 72.4 Å². The molecule has 0 saturated carbocycles. The summed E-state index contributed by atoms with van der Waals surface area (Å²) in [5, 5.41) is 0.277. The monoisotopic (exact) mass is 340 g/mol. The Hall–Kier alpha value is -1.44. The summed E-state index contributed by atoms with van der Waals surface area (Å²) in [7, 11) is 0. The maximum Gasteiger partial charge on any atom is 0.274 e. The summed E-state index contributed by atoms with van der Waals surface area (Å²) in [6, 6.07) is 0. The first-order chi connectivity index (χ1) is 11.0. The highest BCUT2D eigenvalue weighted by Crippen LogP contribution is 2.21. The molecule has 2 aliphatic rings. The number of rotatable bonds is 2. The molecule has 7 nitrogen and oxygen atoms in total. The van der Waals surface area contributed by atoms with E-state index in [2.05, 4.69) is 9.97 Å². The number of hydrogen-bond acceptors (Lipinski definition) is 6. The molecule has 3 rings (SSSR count). The molecule has 0 N–H and O–H groups in total. The summed E-state index contributed by atoms with van der Waals surface area (Å²) in [5.74, 6) is 0.351. The number of aromatic nitrogens is 2. The van der Waals surface area contributed by atoms with E-state index in [0.717, 1.165) is 0 Å². The average Bonchev–Trinajstić information content (AvgIpc) is 2.54. The van der Waals surface area contributed by atoms with Crippen molar-refractivity contribution < 1.29 is 14.3 Å². The van der Waals surface area contributed by atoms with E-state index < -0.39 is 0 Å². The molecule has 1 aromatic rings. The number of carbonyl (C=O) groups excluding carboxylic acids is 1. The smallest absolute Gasteiger partial charge is 0.274 e. The first kappa shape index (κ1) is 16.4. The van der Waals surface area contributed by atoms with E-state index in [0.29, 0.717) is 45.3 Å². The molecule has 2 aliphatic heterocycles. The van der Waals surface area contributed by atoms with Crippen LogP contribution < -0.4 is 4.90 Å². The topological polar surface area (TPSA) is 67.8 Å². The first-order valence-corrected chi connectivity index (χ1v) is 8.22. The number of hydrogen-bond donors (Lipinski definition) is 0. The van der Waals surface area contributed by atoms with Crippen molar-refractivity contribution in [1.82, 2.24) is 14.9 Å². The molecule has 1 aromatic heterocycles. The molecule has 0 unspecified atom stereocenters. The maximum absolute atomic E-state index is 12.8. The Labute approximate surface area is 140 Å². The number of ether oxygens (including phenoxy) is 2. The summed E-state index contributed by atoms with van der Waals surface area (Å²) in [5.41, 5.74) is 0.254. The Bertz CT molecular complexity index is 570. The van der Waals surface area contributed by atoms with Gasteiger partial charge in [0, 0.05) is 26.2 Å². The zero-order valence-corrected chi connectivity index (χ0v) is 14.1. The molecule has 126 valence electrons. The number of amides is 1. The van der Waals surface area contributed by atoms with Gasteiger partial charge < -0.3 is 19.3 Å². The molecule has 2 saturated heterocycles. The highest BCUT2D eigenvalue weighted by molar-refractivity contribution is 6.33. The minimum atomic E-state index is -0.172. The summed E-state index contributed by atoms with van der Waals surface area (Å²) < 4.78 is 11.0. The van der Waals surface area contributed by atoms with Crippen LogP contribution >= 0.6 is 11.6 Å². The summed E-state index contributed by atoms with van der Waals surface area (Å²) in [6.07, 6.45) is 1.50. The van der Waals surface area contributed by atoms with E-state index in [1.165, 1.54) is 6.20 Å². The number of carbonyl (C=O) groups is 1. The second kappa shape index (κ2) is 6.98. The maximum atomic E-state index is 12.8. The number of morpholine rings is 2. The molecule has 0 aromatic carbocycles. The van der Waals surface area contributed by atoms with Crippen molar-refractivity contribution >= 4 is 23.5 Å². The SMILES string of the molecule is C[C@@H]1CN(C(=O)c2nc(N3CCOCC3)ncc2Cl)C[C@H](C)O1. The zero-order chi connectivity index (χ0) is 16.4. The van der Waals surface area contributed by atoms with Crippen LogP contribution in [0.15, 0.2) is 6.20 Å². The summed E-state index contributed by atoms with van der Waals surface area (Å²) in [6.45, 7) is 7.67. The molecule has 1 amide bonds. The Morgan fingerprint density at radius 1 is 1.26 bits per heavy atom. The molecular formula is C15H21ClN4O3. The molecule has 23 heavy (non-hydrogen) atoms. The van der Waals surface area contributed by atoms with Crippen LogP contribution in [0.25, 0.3) is 0 Å². The van der Waals surface area contributed by atoms with Gasteiger partial charge >= 0.3 is 0 Å². The van der Waals surface area contributed by atoms with Crippen molar-refractivity contribution in [2.45, 2.75) is 26.1 Å². The van der Waals surface area contributed by atoms with Gasteiger partial charge in [-0.1, -0.05) is 11.6 Å². The fraction of sp³-hybridized carbons (Fsp3) is 0.667. The van der Waals surface area contributed by atoms with E-state index in [9.17, 15) is 4.79 Å². The highest BCUT2D eigenvalue weighted by Gasteiger charge is 2.29. The molecule has 2 fully saturated rings. The normalized spacial score (nSPS) is 25.5. The second-order valence-corrected chi connectivity index (χ2v) is 6.34. The van der Waals surface area contributed by atoms with E-state index in [4.69, 9.17) is 21.1 Å². The summed E-state index contributed by atoms with van der Waals surface area (Å²) >= 11 is 6.18. The molecule has 0 bridgehead atoms. The Kier molecular flexibility index (Phi) is 4.99. The molecule has 8 heteroatoms. The van der Waals surface area contributed by atoms with Gasteiger partial charge in [-0.05, 0) is 13.8 Å². The lowest BCUT2D eigenvalue weighted by Gasteiger charge is -2.35. The first-order valence-electron chi connectivity index (χ1n) is 7.84. The number of anilines is 1. The van der Waals surface area contributed by atoms with Crippen LogP contribution in [0, 0.1) is 0 Å². The fourth-order valence-corrected chi connectivity index (χ4v) is 3.09. The Balaban J connectivity index is 1.81. The van der Waals surface area contributed by atoms with Gasteiger partial charge in [0.1, 0.15) is 0 Å². The largest absolute Gasteiger partial charge is 0.378 e. The molecule has 0 radical (unpaired) electrons. The zero-order valence-electron chi connectivity index (χ0n) is 13.4. The van der Waals surface area contributed by atoms with Gasteiger partial charge in [-0.3, -0.25) is 4.79 Å². The van der Waals surface area contributed by atoms with E-state index in [-0.39, 0.29) is 28.8 Å². The van der Waals surface area contributed by atoms with Crippen LogP contribution in [0.2, 0.25) is 5.02 Å². The van der Waals surface area contributed by atoms with E-state index in [1.54, 1.807) is 4.90 Å². The van der Waals surface area contributed by atoms with E-state index in [1.807, 2.05) is 18.7 Å². The Morgan fingerprint density at radius 2 is 1.91 bits per heavy atom. The van der Waals surface area contributed by atoms with Gasteiger partial charge in [-0.2, -0.15) is 0 Å². The van der Waals surface area contributed by atoms with Crippen molar-refractivity contribution in [2.75, 3.05) is 44.3 Å². The number of nitrogens with zero attached hydrogens (tertiary/aromatic N) is 4. The third-order valence-corrected chi connectivity index (χ3v) is 4.21. The standard InChI is InChI=1S/C15H21ClN4O3/c1-10-8-20(9-11(2)23-10)14(21)13-12(16)7-17-15(18-13)19-3-5-22-6-4-19/h7,10-11H,3-6,8-9H2,1-2H3/t10-,11+. The van der Waals surface area contributed by atoms with Crippen LogP contribution in [0.4, 0.5) is 5.95 Å². The van der Waals surface area contributed by atoms with Gasteiger partial charge in [-0.25, -0.2) is 9.97 Å². The van der Waals surface area contributed by atoms with Crippen LogP contribution in [-0.2, 0) is 9.47 Å². The summed E-state index contributed by atoms with van der Waals surface area (Å²) in [4.78, 5) is 25.2. The fourth-order valence-electron chi connectivity index (χ4n) is 2.92. The molecule has 0 aliphatic carbocycles. The van der Waals surface area contributed by atoms with Crippen molar-refractivity contribution in [3.05, 3.63) is 16.9 Å². The predicted octanol–water partition coefficient (Wildman–Crippen LogP) is 1.22. The van der Waals surface area contributed by atoms with Crippen LogP contribution in [0.5, 0.6) is 0 Å². The minimum absolute atomic E-state index is 0.00188. The lowest BCUT2D eigenvalue weighted by Crippen LogP contribution is -2.48. The van der Waals surface area contributed by atoms with Crippen molar-refractivity contribution in [2.24, 2.45) is 0 Å². The lowest BCUT2D eigenvalue weighted by molar-refractivity contribution is -0.0587. The van der Waals surface area contributed by atoms with Crippen molar-refractivity contribution in [1.29, 1.82) is 0 Å². The van der Waals surface area contributed by atoms with E-state index >= 15 is 0 Å². The van der Waals surface area contributed by atoms with Gasteiger partial charge in [0.05, 0.1) is 36.6 Å². The second-order valence-electron chi connectivity index (χ2n) is 5.93. The average molecular weight is 341 g/mol. The van der Waals surface area contributed by atoms with Crippen molar-refractivity contribution in [3.8, 4) is 0 Å². The third kappa shape index (κ3) is 3.73. The Morgan fingerprint density at radius 3 is 2.57 bits per heavy atom. The van der Waals surface area contributed by atoms with Gasteiger partial charge in [0.25, 0.3) is 5.91 Å². The number of halogens is 1. The predicted molar refractivity (Wildman–Crippen MR) is 86.0 cm³/mol. The van der Waals surface area contributed by atoms with Gasteiger partial charge in [0.2, 0.25) is 5.95 Å². The quantitative estimate of drug-likeness (QED) is 0.806. The molecular weight excluding hydrogens is 320 g/mol. The third-order valence-electron chi connectivity index (χ3n) is 3.93.